The van der Waals surface area contributed by atoms with Gasteiger partial charge in [0.05, 0.1) is 6.04 Å². The third kappa shape index (κ3) is 4.01. The van der Waals surface area contributed by atoms with Crippen LogP contribution in [0.3, 0.4) is 0 Å². The molecule has 0 aliphatic carbocycles. The van der Waals surface area contributed by atoms with Crippen LogP contribution in [-0.4, -0.2) is 40.8 Å². The Balaban J connectivity index is 1.96. The van der Waals surface area contributed by atoms with Crippen molar-refractivity contribution in [1.82, 2.24) is 20.5 Å². The molecule has 1 amide bonds. The van der Waals surface area contributed by atoms with E-state index in [0.717, 1.165) is 16.6 Å². The van der Waals surface area contributed by atoms with E-state index in [1.54, 1.807) is 0 Å². The number of hydrogen-bond acceptors (Lipinski definition) is 5. The normalized spacial score (nSPS) is 13.0. The molecular weight excluding hydrogens is 268 g/mol. The molecule has 0 aliphatic rings. The second-order valence-electron chi connectivity index (χ2n) is 5.82. The Labute approximate surface area is 124 Å². The summed E-state index contributed by atoms with van der Waals surface area (Å²) in [5.41, 5.74) is 2.55. The third-order valence-corrected chi connectivity index (χ3v) is 3.48. The molecule has 2 rings (SSSR count). The largest absolute Gasteiger partial charge is 0.354 e. The lowest BCUT2D eigenvalue weighted by Crippen LogP contribution is -2.43. The molecule has 1 aromatic carbocycles. The molecule has 6 nitrogen and oxygen atoms in total. The lowest BCUT2D eigenvalue weighted by atomic mass is 10.1. The van der Waals surface area contributed by atoms with E-state index in [0.29, 0.717) is 19.0 Å². The number of benzene rings is 1. The van der Waals surface area contributed by atoms with Gasteiger partial charge < -0.3 is 5.32 Å². The molecule has 0 unspecified atom stereocenters. The first-order chi connectivity index (χ1) is 9.97. The fourth-order valence-corrected chi connectivity index (χ4v) is 2.00. The lowest BCUT2D eigenvalue weighted by Gasteiger charge is -2.24. The molecule has 21 heavy (non-hydrogen) atoms. The quantitative estimate of drug-likeness (QED) is 0.878. The summed E-state index contributed by atoms with van der Waals surface area (Å²) in [6, 6.07) is 5.59. The number of nitrogens with one attached hydrogen (secondary N) is 1. The first-order valence-electron chi connectivity index (χ1n) is 7.16. The predicted molar refractivity (Wildman–Crippen MR) is 80.6 cm³/mol. The van der Waals surface area contributed by atoms with Gasteiger partial charge in [-0.25, -0.2) is 4.63 Å². The molecule has 2 aromatic rings. The maximum Gasteiger partial charge on any atom is 0.237 e. The van der Waals surface area contributed by atoms with E-state index < -0.39 is 0 Å². The van der Waals surface area contributed by atoms with E-state index >= 15 is 0 Å². The van der Waals surface area contributed by atoms with Gasteiger partial charge in [0.25, 0.3) is 0 Å². The molecular formula is C15H22N4O2. The molecule has 0 bridgehead atoms. The van der Waals surface area contributed by atoms with Gasteiger partial charge in [0.2, 0.25) is 5.91 Å². The number of carbonyl (C=O) groups excluding carboxylic acids is 1. The zero-order valence-corrected chi connectivity index (χ0v) is 13.0. The van der Waals surface area contributed by atoms with E-state index in [1.165, 1.54) is 0 Å². The minimum atomic E-state index is -0.185. The van der Waals surface area contributed by atoms with Crippen molar-refractivity contribution in [2.45, 2.75) is 33.4 Å². The molecule has 0 saturated heterocycles. The predicted octanol–water partition coefficient (Wildman–Crippen LogP) is 1.82. The number of aromatic nitrogens is 2. The summed E-state index contributed by atoms with van der Waals surface area (Å²) in [5.74, 6) is 0.504. The first-order valence-corrected chi connectivity index (χ1v) is 7.16. The number of hydrogen-bond donors (Lipinski definition) is 1. The van der Waals surface area contributed by atoms with Crippen LogP contribution in [0.2, 0.25) is 0 Å². The van der Waals surface area contributed by atoms with Crippen LogP contribution in [0.1, 0.15) is 26.3 Å². The maximum atomic E-state index is 12.1. The zero-order chi connectivity index (χ0) is 15.4. The van der Waals surface area contributed by atoms with E-state index in [2.05, 4.69) is 34.1 Å². The molecule has 0 radical (unpaired) electrons. The molecule has 6 heteroatoms. The number of likely N-dealkylation sites (N-methyl/N-ethyl adjacent to an activating group) is 1. The molecule has 0 saturated carbocycles. The van der Waals surface area contributed by atoms with Gasteiger partial charge in [-0.15, -0.1) is 0 Å². The Bertz CT molecular complexity index is 608. The molecule has 0 spiro atoms. The van der Waals surface area contributed by atoms with Gasteiger partial charge in [-0.3, -0.25) is 9.69 Å². The van der Waals surface area contributed by atoms with Crippen LogP contribution >= 0.6 is 0 Å². The van der Waals surface area contributed by atoms with Gasteiger partial charge >= 0.3 is 0 Å². The highest BCUT2D eigenvalue weighted by atomic mass is 16.6. The SMILES string of the molecule is CC(C)CNC(=O)[C@H](C)N(C)Cc1ccc2nonc2c1. The summed E-state index contributed by atoms with van der Waals surface area (Å²) >= 11 is 0. The van der Waals surface area contributed by atoms with Gasteiger partial charge in [0, 0.05) is 13.1 Å². The van der Waals surface area contributed by atoms with Crippen molar-refractivity contribution in [3.05, 3.63) is 23.8 Å². The number of carbonyl (C=O) groups is 1. The van der Waals surface area contributed by atoms with E-state index in [9.17, 15) is 4.79 Å². The average Bonchev–Trinajstić information content (AvgIpc) is 2.91. The van der Waals surface area contributed by atoms with Crippen LogP contribution in [0.25, 0.3) is 11.0 Å². The van der Waals surface area contributed by atoms with E-state index in [1.807, 2.05) is 37.1 Å². The summed E-state index contributed by atoms with van der Waals surface area (Å²) in [5, 5.41) is 10.6. The van der Waals surface area contributed by atoms with E-state index in [4.69, 9.17) is 0 Å². The molecule has 0 fully saturated rings. The Morgan fingerprint density at radius 1 is 1.29 bits per heavy atom. The molecule has 0 aliphatic heterocycles. The molecule has 1 heterocycles. The van der Waals surface area contributed by atoms with Crippen LogP contribution in [0.4, 0.5) is 0 Å². The minimum absolute atomic E-state index is 0.0513. The summed E-state index contributed by atoms with van der Waals surface area (Å²) in [4.78, 5) is 14.1. The molecule has 114 valence electrons. The van der Waals surface area contributed by atoms with Crippen molar-refractivity contribution in [2.75, 3.05) is 13.6 Å². The Morgan fingerprint density at radius 2 is 2.00 bits per heavy atom. The summed E-state index contributed by atoms with van der Waals surface area (Å²) in [7, 11) is 1.94. The highest BCUT2D eigenvalue weighted by molar-refractivity contribution is 5.81. The van der Waals surface area contributed by atoms with Crippen LogP contribution in [0, 0.1) is 5.92 Å². The summed E-state index contributed by atoms with van der Waals surface area (Å²) in [6.07, 6.45) is 0. The number of amides is 1. The fraction of sp³-hybridized carbons (Fsp3) is 0.533. The Morgan fingerprint density at radius 3 is 2.71 bits per heavy atom. The second kappa shape index (κ2) is 6.67. The van der Waals surface area contributed by atoms with Crippen LogP contribution < -0.4 is 5.32 Å². The maximum absolute atomic E-state index is 12.1. The Kier molecular flexibility index (Phi) is 4.90. The minimum Gasteiger partial charge on any atom is -0.354 e. The van der Waals surface area contributed by atoms with Gasteiger partial charge in [-0.2, -0.15) is 0 Å². The van der Waals surface area contributed by atoms with Gasteiger partial charge in [0.15, 0.2) is 0 Å². The number of nitrogens with zero attached hydrogens (tertiary/aromatic N) is 3. The highest BCUT2D eigenvalue weighted by Gasteiger charge is 2.18. The standard InChI is InChI=1S/C15H22N4O2/c1-10(2)8-16-15(20)11(3)19(4)9-12-5-6-13-14(7-12)18-21-17-13/h5-7,10-11H,8-9H2,1-4H3,(H,16,20)/t11-/m0/s1. The van der Waals surface area contributed by atoms with Crippen molar-refractivity contribution in [1.29, 1.82) is 0 Å². The molecule has 1 aromatic heterocycles. The van der Waals surface area contributed by atoms with Gasteiger partial charge in [-0.05, 0) is 47.9 Å². The smallest absolute Gasteiger partial charge is 0.237 e. The lowest BCUT2D eigenvalue weighted by molar-refractivity contribution is -0.125. The van der Waals surface area contributed by atoms with Crippen LogP contribution in [0.15, 0.2) is 22.8 Å². The first kappa shape index (κ1) is 15.4. The van der Waals surface area contributed by atoms with E-state index in [-0.39, 0.29) is 11.9 Å². The van der Waals surface area contributed by atoms with Gasteiger partial charge in [0.1, 0.15) is 11.0 Å². The fourth-order valence-electron chi connectivity index (χ4n) is 2.00. The van der Waals surface area contributed by atoms with Crippen LogP contribution in [-0.2, 0) is 11.3 Å². The molecule has 1 N–H and O–H groups in total. The van der Waals surface area contributed by atoms with Crippen molar-refractivity contribution in [2.24, 2.45) is 5.92 Å². The van der Waals surface area contributed by atoms with Crippen LogP contribution in [0.5, 0.6) is 0 Å². The summed E-state index contributed by atoms with van der Waals surface area (Å²) in [6.45, 7) is 7.43. The Hall–Kier alpha value is -1.95. The third-order valence-electron chi connectivity index (χ3n) is 3.48. The van der Waals surface area contributed by atoms with Crippen molar-refractivity contribution < 1.29 is 9.42 Å². The monoisotopic (exact) mass is 290 g/mol. The summed E-state index contributed by atoms with van der Waals surface area (Å²) < 4.78 is 4.69. The second-order valence-corrected chi connectivity index (χ2v) is 5.82. The highest BCUT2D eigenvalue weighted by Crippen LogP contribution is 2.14. The van der Waals surface area contributed by atoms with Crippen molar-refractivity contribution >= 4 is 16.9 Å². The average molecular weight is 290 g/mol. The van der Waals surface area contributed by atoms with Gasteiger partial charge in [-0.1, -0.05) is 19.9 Å². The zero-order valence-electron chi connectivity index (χ0n) is 13.0. The topological polar surface area (TPSA) is 71.3 Å². The van der Waals surface area contributed by atoms with Crippen molar-refractivity contribution in [3.8, 4) is 0 Å². The number of rotatable bonds is 6. The molecule has 1 atom stereocenters. The number of fused-ring (bicyclic) bond motifs is 1. The van der Waals surface area contributed by atoms with Crippen molar-refractivity contribution in [3.63, 3.8) is 0 Å².